The number of nitrogens with one attached hydrogen (secondary N) is 1. The molecule has 0 fully saturated rings. The Morgan fingerprint density at radius 3 is 2.52 bits per heavy atom. The summed E-state index contributed by atoms with van der Waals surface area (Å²) >= 11 is 0. The third kappa shape index (κ3) is 3.01. The highest BCUT2D eigenvalue weighted by Gasteiger charge is 2.18. The van der Waals surface area contributed by atoms with Gasteiger partial charge in [-0.1, -0.05) is 6.07 Å². The van der Waals surface area contributed by atoms with E-state index in [9.17, 15) is 17.2 Å². The number of sulfonamides is 1. The fraction of sp³-hybridized carbons (Fsp3) is 0.0714. The van der Waals surface area contributed by atoms with Crippen molar-refractivity contribution in [3.63, 3.8) is 0 Å². The molecule has 4 nitrogen and oxygen atoms in total. The molecule has 0 saturated carbocycles. The molecule has 108 valence electrons. The van der Waals surface area contributed by atoms with E-state index in [1.54, 1.807) is 6.92 Å². The first-order chi connectivity index (χ1) is 9.85. The van der Waals surface area contributed by atoms with E-state index in [1.807, 2.05) is 10.8 Å². The zero-order chi connectivity index (χ0) is 15.6. The Morgan fingerprint density at radius 1 is 1.19 bits per heavy atom. The predicted molar refractivity (Wildman–Crippen MR) is 73.1 cm³/mol. The Balaban J connectivity index is 2.41. The van der Waals surface area contributed by atoms with Gasteiger partial charge in [0.1, 0.15) is 0 Å². The Hall–Kier alpha value is -2.46. The summed E-state index contributed by atoms with van der Waals surface area (Å²) in [6.45, 7) is 1.58. The quantitative estimate of drug-likeness (QED) is 0.947. The summed E-state index contributed by atoms with van der Waals surface area (Å²) in [7, 11) is -4.07. The molecule has 0 aliphatic heterocycles. The number of halogens is 2. The molecular formula is C14H10F2N2O2S. The first-order valence-electron chi connectivity index (χ1n) is 5.83. The minimum atomic E-state index is -4.07. The van der Waals surface area contributed by atoms with E-state index < -0.39 is 27.3 Å². The summed E-state index contributed by atoms with van der Waals surface area (Å²) in [6.07, 6.45) is 0. The van der Waals surface area contributed by atoms with Gasteiger partial charge >= 0.3 is 0 Å². The summed E-state index contributed by atoms with van der Waals surface area (Å²) in [5, 5.41) is 8.81. The van der Waals surface area contributed by atoms with Gasteiger partial charge in [0, 0.05) is 0 Å². The molecule has 0 unspecified atom stereocenters. The van der Waals surface area contributed by atoms with Crippen molar-refractivity contribution >= 4 is 15.7 Å². The van der Waals surface area contributed by atoms with Crippen LogP contribution in [0.25, 0.3) is 0 Å². The minimum absolute atomic E-state index is 0.136. The third-order valence-corrected chi connectivity index (χ3v) is 4.19. The Kier molecular flexibility index (Phi) is 3.91. The van der Waals surface area contributed by atoms with Crippen LogP contribution >= 0.6 is 0 Å². The van der Waals surface area contributed by atoms with Gasteiger partial charge in [-0.25, -0.2) is 17.2 Å². The van der Waals surface area contributed by atoms with Crippen LogP contribution in [-0.4, -0.2) is 8.42 Å². The fourth-order valence-electron chi connectivity index (χ4n) is 1.72. The zero-order valence-corrected chi connectivity index (χ0v) is 11.7. The van der Waals surface area contributed by atoms with E-state index >= 15 is 0 Å². The summed E-state index contributed by atoms with van der Waals surface area (Å²) in [4.78, 5) is -0.136. The second-order valence-corrected chi connectivity index (χ2v) is 5.98. The molecule has 0 spiro atoms. The SMILES string of the molecule is Cc1cc(S(=O)(=O)Nc2cccc(F)c2F)ccc1C#N. The smallest absolute Gasteiger partial charge is 0.261 e. The van der Waals surface area contributed by atoms with Crippen molar-refractivity contribution in [2.75, 3.05) is 4.72 Å². The monoisotopic (exact) mass is 308 g/mol. The molecule has 0 saturated heterocycles. The van der Waals surface area contributed by atoms with Crippen LogP contribution in [0.4, 0.5) is 14.5 Å². The lowest BCUT2D eigenvalue weighted by atomic mass is 10.1. The molecule has 0 bridgehead atoms. The number of nitriles is 1. The standard InChI is InChI=1S/C14H10F2N2O2S/c1-9-7-11(6-5-10(9)8-17)21(19,20)18-13-4-2-3-12(15)14(13)16/h2-7,18H,1H3. The molecule has 1 N–H and O–H groups in total. The molecule has 2 aromatic carbocycles. The van der Waals surface area contributed by atoms with Crippen LogP contribution < -0.4 is 4.72 Å². The maximum absolute atomic E-state index is 13.5. The molecule has 7 heteroatoms. The molecular weight excluding hydrogens is 298 g/mol. The molecule has 0 atom stereocenters. The number of rotatable bonds is 3. The lowest BCUT2D eigenvalue weighted by Gasteiger charge is -2.10. The molecule has 0 aromatic heterocycles. The highest BCUT2D eigenvalue weighted by atomic mass is 32.2. The van der Waals surface area contributed by atoms with E-state index in [-0.39, 0.29) is 4.90 Å². The highest BCUT2D eigenvalue weighted by molar-refractivity contribution is 7.92. The highest BCUT2D eigenvalue weighted by Crippen LogP contribution is 2.22. The fourth-order valence-corrected chi connectivity index (χ4v) is 2.86. The summed E-state index contributed by atoms with van der Waals surface area (Å²) in [5.41, 5.74) is 0.336. The van der Waals surface area contributed by atoms with Gasteiger partial charge in [-0.2, -0.15) is 5.26 Å². The van der Waals surface area contributed by atoms with Crippen LogP contribution in [-0.2, 0) is 10.0 Å². The molecule has 0 aliphatic carbocycles. The molecule has 21 heavy (non-hydrogen) atoms. The van der Waals surface area contributed by atoms with Crippen molar-refractivity contribution in [1.82, 2.24) is 0 Å². The number of nitrogens with zero attached hydrogens (tertiary/aromatic N) is 1. The van der Waals surface area contributed by atoms with Crippen LogP contribution in [0.1, 0.15) is 11.1 Å². The van der Waals surface area contributed by atoms with E-state index in [0.717, 1.165) is 12.1 Å². The van der Waals surface area contributed by atoms with Gasteiger partial charge in [0.05, 0.1) is 22.2 Å². The van der Waals surface area contributed by atoms with Gasteiger partial charge in [-0.3, -0.25) is 4.72 Å². The first-order valence-corrected chi connectivity index (χ1v) is 7.31. The van der Waals surface area contributed by atoms with Crippen LogP contribution in [0, 0.1) is 29.9 Å². The van der Waals surface area contributed by atoms with Crippen molar-refractivity contribution < 1.29 is 17.2 Å². The molecule has 2 aromatic rings. The lowest BCUT2D eigenvalue weighted by Crippen LogP contribution is -2.14. The van der Waals surface area contributed by atoms with Crippen LogP contribution in [0.5, 0.6) is 0 Å². The molecule has 0 amide bonds. The van der Waals surface area contributed by atoms with Gasteiger partial charge in [-0.15, -0.1) is 0 Å². The van der Waals surface area contributed by atoms with Crippen molar-refractivity contribution in [3.05, 3.63) is 59.2 Å². The van der Waals surface area contributed by atoms with Gasteiger partial charge in [-0.05, 0) is 42.8 Å². The summed E-state index contributed by atoms with van der Waals surface area (Å²) < 4.78 is 52.8. The third-order valence-electron chi connectivity index (χ3n) is 2.82. The molecule has 2 rings (SSSR count). The van der Waals surface area contributed by atoms with Gasteiger partial charge in [0.15, 0.2) is 11.6 Å². The van der Waals surface area contributed by atoms with Crippen molar-refractivity contribution in [2.24, 2.45) is 0 Å². The van der Waals surface area contributed by atoms with E-state index in [4.69, 9.17) is 5.26 Å². The minimum Gasteiger partial charge on any atom is -0.277 e. The summed E-state index contributed by atoms with van der Waals surface area (Å²) in [5.74, 6) is -2.42. The molecule has 0 radical (unpaired) electrons. The number of hydrogen-bond donors (Lipinski definition) is 1. The number of anilines is 1. The number of benzene rings is 2. The van der Waals surface area contributed by atoms with Gasteiger partial charge < -0.3 is 0 Å². The first kappa shape index (κ1) is 14.9. The Labute approximate surface area is 120 Å². The zero-order valence-electron chi connectivity index (χ0n) is 10.9. The van der Waals surface area contributed by atoms with E-state index in [0.29, 0.717) is 11.1 Å². The predicted octanol–water partition coefficient (Wildman–Crippen LogP) is 2.95. The van der Waals surface area contributed by atoms with Crippen molar-refractivity contribution in [3.8, 4) is 6.07 Å². The van der Waals surface area contributed by atoms with E-state index in [1.165, 1.54) is 24.3 Å². The second-order valence-electron chi connectivity index (χ2n) is 4.30. The maximum atomic E-state index is 13.5. The maximum Gasteiger partial charge on any atom is 0.261 e. The largest absolute Gasteiger partial charge is 0.277 e. The average molecular weight is 308 g/mol. The Morgan fingerprint density at radius 2 is 1.90 bits per heavy atom. The lowest BCUT2D eigenvalue weighted by molar-refractivity contribution is 0.511. The number of aryl methyl sites for hydroxylation is 1. The van der Waals surface area contributed by atoms with Crippen molar-refractivity contribution in [2.45, 2.75) is 11.8 Å². The summed E-state index contributed by atoms with van der Waals surface area (Å²) in [6, 6.07) is 8.99. The van der Waals surface area contributed by atoms with Crippen molar-refractivity contribution in [1.29, 1.82) is 5.26 Å². The molecule has 0 aliphatic rings. The van der Waals surface area contributed by atoms with Crippen LogP contribution in [0.15, 0.2) is 41.3 Å². The average Bonchev–Trinajstić information content (AvgIpc) is 2.43. The number of hydrogen-bond acceptors (Lipinski definition) is 3. The van der Waals surface area contributed by atoms with Gasteiger partial charge in [0.25, 0.3) is 10.0 Å². The van der Waals surface area contributed by atoms with E-state index in [2.05, 4.69) is 0 Å². The second kappa shape index (κ2) is 5.50. The van der Waals surface area contributed by atoms with Crippen LogP contribution in [0.2, 0.25) is 0 Å². The Bertz CT molecular complexity index is 843. The van der Waals surface area contributed by atoms with Crippen LogP contribution in [0.3, 0.4) is 0 Å². The van der Waals surface area contributed by atoms with Gasteiger partial charge in [0.2, 0.25) is 0 Å². The topological polar surface area (TPSA) is 70.0 Å². The normalized spacial score (nSPS) is 11.0. The molecule has 0 heterocycles.